The fourth-order valence-corrected chi connectivity index (χ4v) is 1.29. The van der Waals surface area contributed by atoms with Gasteiger partial charge in [0.15, 0.2) is 0 Å². The second kappa shape index (κ2) is 4.61. The molecular formula is C12H14O. The molecule has 1 atom stereocenters. The summed E-state index contributed by atoms with van der Waals surface area (Å²) in [7, 11) is 0. The normalized spacial score (nSPS) is 12.1. The monoisotopic (exact) mass is 174 g/mol. The molecule has 0 amide bonds. The van der Waals surface area contributed by atoms with Crippen LogP contribution in [0.1, 0.15) is 35.2 Å². The fraction of sp³-hybridized carbons (Fsp3) is 0.250. The molecule has 0 heterocycles. The Morgan fingerprint density at radius 2 is 2.00 bits per heavy atom. The van der Waals surface area contributed by atoms with E-state index in [0.29, 0.717) is 5.92 Å². The number of aldehydes is 1. The summed E-state index contributed by atoms with van der Waals surface area (Å²) >= 11 is 0. The predicted molar refractivity (Wildman–Crippen MR) is 55.1 cm³/mol. The highest BCUT2D eigenvalue weighted by Crippen LogP contribution is 2.18. The number of hydrogen-bond acceptors (Lipinski definition) is 1. The molecular weight excluding hydrogens is 160 g/mol. The second-order valence-electron chi connectivity index (χ2n) is 3.21. The Labute approximate surface area is 79.1 Å². The lowest BCUT2D eigenvalue weighted by atomic mass is 9.97. The highest BCUT2D eigenvalue weighted by atomic mass is 16.1. The highest BCUT2D eigenvalue weighted by molar-refractivity contribution is 5.74. The predicted octanol–water partition coefficient (Wildman–Crippen LogP) is 3.18. The van der Waals surface area contributed by atoms with Crippen LogP contribution in [0.25, 0.3) is 0 Å². The molecule has 0 aliphatic rings. The minimum atomic E-state index is 0.484. The van der Waals surface area contributed by atoms with Crippen LogP contribution in [-0.4, -0.2) is 6.29 Å². The van der Waals surface area contributed by atoms with Crippen LogP contribution in [0.3, 0.4) is 0 Å². The van der Waals surface area contributed by atoms with Crippen LogP contribution < -0.4 is 0 Å². The van der Waals surface area contributed by atoms with E-state index in [1.54, 1.807) is 0 Å². The summed E-state index contributed by atoms with van der Waals surface area (Å²) in [6, 6.07) is 7.69. The Hall–Kier alpha value is -1.37. The van der Waals surface area contributed by atoms with Gasteiger partial charge in [-0.05, 0) is 17.9 Å². The van der Waals surface area contributed by atoms with Crippen molar-refractivity contribution >= 4 is 6.29 Å². The summed E-state index contributed by atoms with van der Waals surface area (Å²) in [6.45, 7) is 5.85. The average molecular weight is 174 g/mol. The van der Waals surface area contributed by atoms with Gasteiger partial charge in [0.1, 0.15) is 6.29 Å². The number of carbonyl (C=O) groups excluding carboxylic acids is 1. The summed E-state index contributed by atoms with van der Waals surface area (Å²) in [5, 5.41) is 0. The third-order valence-electron chi connectivity index (χ3n) is 2.16. The SMILES string of the molecule is C=CCC(C)c1ccc(C=O)cc1. The first kappa shape index (κ1) is 9.72. The first-order valence-corrected chi connectivity index (χ1v) is 4.44. The average Bonchev–Trinajstić information content (AvgIpc) is 2.18. The minimum absolute atomic E-state index is 0.484. The van der Waals surface area contributed by atoms with Crippen LogP contribution in [-0.2, 0) is 0 Å². The van der Waals surface area contributed by atoms with Gasteiger partial charge >= 0.3 is 0 Å². The molecule has 0 radical (unpaired) electrons. The van der Waals surface area contributed by atoms with Gasteiger partial charge in [-0.3, -0.25) is 4.79 Å². The molecule has 0 N–H and O–H groups in total. The third-order valence-corrected chi connectivity index (χ3v) is 2.16. The van der Waals surface area contributed by atoms with Gasteiger partial charge in [0.05, 0.1) is 0 Å². The molecule has 1 unspecified atom stereocenters. The van der Waals surface area contributed by atoms with Crippen molar-refractivity contribution in [3.05, 3.63) is 48.0 Å². The molecule has 68 valence electrons. The van der Waals surface area contributed by atoms with Crippen molar-refractivity contribution in [2.45, 2.75) is 19.3 Å². The molecule has 0 fully saturated rings. The molecule has 0 saturated heterocycles. The Kier molecular flexibility index (Phi) is 3.44. The third kappa shape index (κ3) is 2.55. The van der Waals surface area contributed by atoms with Gasteiger partial charge in [-0.25, -0.2) is 0 Å². The van der Waals surface area contributed by atoms with Gasteiger partial charge in [0, 0.05) is 5.56 Å². The van der Waals surface area contributed by atoms with Gasteiger partial charge in [0.2, 0.25) is 0 Å². The van der Waals surface area contributed by atoms with Crippen molar-refractivity contribution in [3.63, 3.8) is 0 Å². The maximum absolute atomic E-state index is 10.4. The van der Waals surface area contributed by atoms with E-state index in [1.807, 2.05) is 30.3 Å². The quantitative estimate of drug-likeness (QED) is 0.506. The first-order valence-electron chi connectivity index (χ1n) is 4.44. The van der Waals surface area contributed by atoms with E-state index in [2.05, 4.69) is 13.5 Å². The lowest BCUT2D eigenvalue weighted by molar-refractivity contribution is 0.112. The molecule has 1 heteroatoms. The van der Waals surface area contributed by atoms with E-state index >= 15 is 0 Å². The first-order chi connectivity index (χ1) is 6.27. The molecule has 0 aliphatic carbocycles. The maximum Gasteiger partial charge on any atom is 0.150 e. The van der Waals surface area contributed by atoms with Gasteiger partial charge in [0.25, 0.3) is 0 Å². The Morgan fingerprint density at radius 3 is 2.46 bits per heavy atom. The van der Waals surface area contributed by atoms with Crippen molar-refractivity contribution in [3.8, 4) is 0 Å². The molecule has 1 aromatic rings. The van der Waals surface area contributed by atoms with Crippen molar-refractivity contribution in [2.75, 3.05) is 0 Å². The van der Waals surface area contributed by atoms with Gasteiger partial charge in [-0.2, -0.15) is 0 Å². The topological polar surface area (TPSA) is 17.1 Å². The summed E-state index contributed by atoms with van der Waals surface area (Å²) in [4.78, 5) is 10.4. The summed E-state index contributed by atoms with van der Waals surface area (Å²) in [5.74, 6) is 0.484. The Balaban J connectivity index is 2.78. The smallest absolute Gasteiger partial charge is 0.150 e. The lowest BCUT2D eigenvalue weighted by Gasteiger charge is -2.08. The highest BCUT2D eigenvalue weighted by Gasteiger charge is 2.02. The zero-order valence-corrected chi connectivity index (χ0v) is 7.86. The zero-order chi connectivity index (χ0) is 9.68. The molecule has 0 spiro atoms. The van der Waals surface area contributed by atoms with Gasteiger partial charge < -0.3 is 0 Å². The molecule has 1 nitrogen and oxygen atoms in total. The molecule has 0 bridgehead atoms. The van der Waals surface area contributed by atoms with Crippen LogP contribution >= 0.6 is 0 Å². The van der Waals surface area contributed by atoms with Crippen LogP contribution in [0.2, 0.25) is 0 Å². The number of hydrogen-bond donors (Lipinski definition) is 0. The van der Waals surface area contributed by atoms with E-state index in [-0.39, 0.29) is 0 Å². The number of allylic oxidation sites excluding steroid dienone is 1. The summed E-state index contributed by atoms with van der Waals surface area (Å²) in [6.07, 6.45) is 3.75. The Bertz CT molecular complexity index is 284. The van der Waals surface area contributed by atoms with E-state index in [1.165, 1.54) is 5.56 Å². The van der Waals surface area contributed by atoms with Crippen LogP contribution in [0.5, 0.6) is 0 Å². The van der Waals surface area contributed by atoms with E-state index in [0.717, 1.165) is 18.3 Å². The fourth-order valence-electron chi connectivity index (χ4n) is 1.29. The number of carbonyl (C=O) groups is 1. The van der Waals surface area contributed by atoms with Gasteiger partial charge in [-0.1, -0.05) is 37.3 Å². The molecule has 1 aromatic carbocycles. The van der Waals surface area contributed by atoms with Crippen LogP contribution in [0, 0.1) is 0 Å². The van der Waals surface area contributed by atoms with Crippen molar-refractivity contribution in [1.29, 1.82) is 0 Å². The molecule has 1 rings (SSSR count). The van der Waals surface area contributed by atoms with E-state index < -0.39 is 0 Å². The second-order valence-corrected chi connectivity index (χ2v) is 3.21. The molecule has 13 heavy (non-hydrogen) atoms. The van der Waals surface area contributed by atoms with Crippen LogP contribution in [0.15, 0.2) is 36.9 Å². The Morgan fingerprint density at radius 1 is 1.38 bits per heavy atom. The van der Waals surface area contributed by atoms with Crippen molar-refractivity contribution in [2.24, 2.45) is 0 Å². The van der Waals surface area contributed by atoms with Gasteiger partial charge in [-0.15, -0.1) is 6.58 Å². The van der Waals surface area contributed by atoms with E-state index in [4.69, 9.17) is 0 Å². The van der Waals surface area contributed by atoms with Crippen molar-refractivity contribution < 1.29 is 4.79 Å². The zero-order valence-electron chi connectivity index (χ0n) is 7.86. The minimum Gasteiger partial charge on any atom is -0.298 e. The van der Waals surface area contributed by atoms with Crippen LogP contribution in [0.4, 0.5) is 0 Å². The summed E-state index contributed by atoms with van der Waals surface area (Å²) < 4.78 is 0. The molecule has 0 saturated carbocycles. The van der Waals surface area contributed by atoms with E-state index in [9.17, 15) is 4.79 Å². The number of rotatable bonds is 4. The molecule has 0 aromatic heterocycles. The largest absolute Gasteiger partial charge is 0.298 e. The maximum atomic E-state index is 10.4. The lowest BCUT2D eigenvalue weighted by Crippen LogP contribution is -1.91. The summed E-state index contributed by atoms with van der Waals surface area (Å²) in [5.41, 5.74) is 1.99. The standard InChI is InChI=1S/C12H14O/c1-3-4-10(2)12-7-5-11(9-13)6-8-12/h3,5-10H,1,4H2,2H3. The molecule has 0 aliphatic heterocycles. The van der Waals surface area contributed by atoms with Crippen molar-refractivity contribution in [1.82, 2.24) is 0 Å². The number of benzene rings is 1.